The van der Waals surface area contributed by atoms with E-state index in [1.54, 1.807) is 21.2 Å². The zero-order chi connectivity index (χ0) is 32.3. The van der Waals surface area contributed by atoms with Crippen LogP contribution >= 0.6 is 0 Å². The molecule has 2 aliphatic carbocycles. The number of nitrogens with one attached hydrogen (secondary N) is 1. The Morgan fingerprint density at radius 1 is 1.04 bits per heavy atom. The van der Waals surface area contributed by atoms with Gasteiger partial charge in [-0.2, -0.15) is 0 Å². The molecule has 1 N–H and O–H groups in total. The first-order chi connectivity index (χ1) is 22.1. The first-order valence-corrected chi connectivity index (χ1v) is 17.9. The summed E-state index contributed by atoms with van der Waals surface area (Å²) in [6.45, 7) is 2.37. The molecule has 3 fully saturated rings. The van der Waals surface area contributed by atoms with Crippen molar-refractivity contribution in [2.24, 2.45) is 5.41 Å². The lowest BCUT2D eigenvalue weighted by Gasteiger charge is -2.29. The Morgan fingerprint density at radius 2 is 1.83 bits per heavy atom. The molecule has 246 valence electrons. The number of fused-ring (bicyclic) bond motifs is 7. The molecule has 3 heterocycles. The third kappa shape index (κ3) is 5.26. The van der Waals surface area contributed by atoms with Crippen molar-refractivity contribution in [1.82, 2.24) is 23.4 Å². The number of amides is 2. The summed E-state index contributed by atoms with van der Waals surface area (Å²) < 4.78 is 24.7. The average Bonchev–Trinajstić information content (AvgIpc) is 3.56. The largest absolute Gasteiger partial charge is 0.497 e. The summed E-state index contributed by atoms with van der Waals surface area (Å²) in [6, 6.07) is 12.7. The smallest absolute Gasteiger partial charge is 0.264 e. The van der Waals surface area contributed by atoms with Crippen LogP contribution in [0.1, 0.15) is 84.7 Å². The van der Waals surface area contributed by atoms with Crippen LogP contribution in [0.4, 0.5) is 0 Å². The Kier molecular flexibility index (Phi) is 8.26. The normalized spacial score (nSPS) is 25.0. The number of aromatic nitrogens is 1. The zero-order valence-electron chi connectivity index (χ0n) is 27.8. The second-order valence-corrected chi connectivity index (χ2v) is 15.7. The van der Waals surface area contributed by atoms with E-state index in [1.807, 2.05) is 30.1 Å². The molecule has 46 heavy (non-hydrogen) atoms. The van der Waals surface area contributed by atoms with Gasteiger partial charge in [-0.1, -0.05) is 25.3 Å². The molecule has 9 nitrogen and oxygen atoms in total. The third-order valence-electron chi connectivity index (χ3n) is 11.2. The van der Waals surface area contributed by atoms with Gasteiger partial charge < -0.3 is 19.1 Å². The molecule has 3 aromatic rings. The van der Waals surface area contributed by atoms with Crippen molar-refractivity contribution in [2.75, 3.05) is 48.4 Å². The van der Waals surface area contributed by atoms with E-state index < -0.39 is 16.6 Å². The number of likely N-dealkylation sites (N-methyl/N-ethyl adjacent to an activating group) is 2. The number of benzene rings is 2. The number of ether oxygens (including phenoxy) is 1. The highest BCUT2D eigenvalue weighted by Crippen LogP contribution is 2.66. The van der Waals surface area contributed by atoms with Crippen LogP contribution in [0.3, 0.4) is 0 Å². The average molecular weight is 646 g/mol. The number of carbonyl (C=O) groups excluding carboxylic acids is 2. The van der Waals surface area contributed by atoms with Gasteiger partial charge in [-0.25, -0.2) is 8.51 Å². The molecule has 2 aliphatic heterocycles. The van der Waals surface area contributed by atoms with E-state index in [0.29, 0.717) is 24.1 Å². The minimum Gasteiger partial charge on any atom is -0.497 e. The van der Waals surface area contributed by atoms with E-state index in [0.717, 1.165) is 55.4 Å². The van der Waals surface area contributed by atoms with Gasteiger partial charge in [-0.3, -0.25) is 14.3 Å². The Balaban J connectivity index is 1.39. The van der Waals surface area contributed by atoms with Crippen molar-refractivity contribution in [1.29, 1.82) is 0 Å². The standard InChI is InChI=1S/C36H47N5O4S/c1-38(2)46(44)37-34(42)24-13-15-28-31(18-24)41-22-36(35(43)40(4)21-25-12-9-17-39(25)3)20-30(36)29-19-26(45-5)14-16-27(29)33(41)32(28)23-10-7-6-8-11-23/h13-16,18-19,23,25,30H,6-12,17,20-22H2,1-5H3,(H,37,42). The van der Waals surface area contributed by atoms with E-state index in [1.165, 1.54) is 52.4 Å². The third-order valence-corrected chi connectivity index (χ3v) is 12.2. The SMILES string of the molecule is COc1ccc2c(c1)C1CC1(C(=O)N(C)CC1CCCN1C)Cn1c-2c(C2CCCCC2)c2ccc(C(=O)NS(=O)N(C)C)cc21. The van der Waals surface area contributed by atoms with E-state index in [-0.39, 0.29) is 17.7 Å². The molecular weight excluding hydrogens is 598 g/mol. The number of hydrogen-bond acceptors (Lipinski definition) is 5. The van der Waals surface area contributed by atoms with Crippen LogP contribution in [0.15, 0.2) is 36.4 Å². The molecule has 7 rings (SSSR count). The summed E-state index contributed by atoms with van der Waals surface area (Å²) in [5, 5.41) is 1.15. The summed E-state index contributed by atoms with van der Waals surface area (Å²) >= 11 is -1.63. The van der Waals surface area contributed by atoms with Gasteiger partial charge in [0.25, 0.3) is 5.91 Å². The van der Waals surface area contributed by atoms with Crippen LogP contribution in [0.5, 0.6) is 5.75 Å². The number of methoxy groups -OCH3 is 1. The fraction of sp³-hybridized carbons (Fsp3) is 0.556. The maximum absolute atomic E-state index is 14.6. The molecule has 4 aliphatic rings. The molecule has 1 saturated heterocycles. The summed E-state index contributed by atoms with van der Waals surface area (Å²) in [7, 11) is 9.18. The first kappa shape index (κ1) is 31.4. The van der Waals surface area contributed by atoms with Crippen molar-refractivity contribution in [3.05, 3.63) is 53.1 Å². The lowest BCUT2D eigenvalue weighted by molar-refractivity contribution is -0.137. The number of likely N-dealkylation sites (tertiary alicyclic amines) is 1. The zero-order valence-corrected chi connectivity index (χ0v) is 28.6. The highest BCUT2D eigenvalue weighted by atomic mass is 32.2. The molecule has 0 bridgehead atoms. The van der Waals surface area contributed by atoms with Crippen LogP contribution in [-0.2, 0) is 22.5 Å². The lowest BCUT2D eigenvalue weighted by atomic mass is 9.81. The van der Waals surface area contributed by atoms with Gasteiger partial charge in [0.1, 0.15) is 5.75 Å². The van der Waals surface area contributed by atoms with Crippen LogP contribution < -0.4 is 9.46 Å². The van der Waals surface area contributed by atoms with Gasteiger partial charge in [0.2, 0.25) is 5.91 Å². The first-order valence-electron chi connectivity index (χ1n) is 16.8. The van der Waals surface area contributed by atoms with E-state index >= 15 is 0 Å². The maximum Gasteiger partial charge on any atom is 0.264 e. The number of nitrogens with zero attached hydrogens (tertiary/aromatic N) is 4. The van der Waals surface area contributed by atoms with Crippen LogP contribution in [-0.4, -0.2) is 89.1 Å². The molecule has 0 spiro atoms. The second-order valence-electron chi connectivity index (χ2n) is 14.2. The molecule has 1 aromatic heterocycles. The van der Waals surface area contributed by atoms with Gasteiger partial charge in [0.15, 0.2) is 11.2 Å². The maximum atomic E-state index is 14.6. The van der Waals surface area contributed by atoms with Gasteiger partial charge in [0, 0.05) is 68.2 Å². The summed E-state index contributed by atoms with van der Waals surface area (Å²) in [5.41, 5.74) is 5.76. The lowest BCUT2D eigenvalue weighted by Crippen LogP contribution is -2.44. The van der Waals surface area contributed by atoms with Gasteiger partial charge in [-0.15, -0.1) is 0 Å². The predicted molar refractivity (Wildman–Crippen MR) is 182 cm³/mol. The number of rotatable bonds is 8. The molecular formula is C36H47N5O4S. The minimum absolute atomic E-state index is 0.0945. The molecule has 2 saturated carbocycles. The van der Waals surface area contributed by atoms with Gasteiger partial charge >= 0.3 is 0 Å². The molecule has 0 radical (unpaired) electrons. The minimum atomic E-state index is -1.63. The van der Waals surface area contributed by atoms with Crippen molar-refractivity contribution in [3.63, 3.8) is 0 Å². The van der Waals surface area contributed by atoms with Crippen LogP contribution in [0.2, 0.25) is 0 Å². The highest BCUT2D eigenvalue weighted by molar-refractivity contribution is 7.81. The van der Waals surface area contributed by atoms with Crippen molar-refractivity contribution in [2.45, 2.75) is 75.8 Å². The van der Waals surface area contributed by atoms with E-state index in [9.17, 15) is 13.8 Å². The predicted octanol–water partition coefficient (Wildman–Crippen LogP) is 5.27. The molecule has 4 unspecified atom stereocenters. The monoisotopic (exact) mass is 645 g/mol. The van der Waals surface area contributed by atoms with E-state index in [2.05, 4.69) is 39.4 Å². The summed E-state index contributed by atoms with van der Waals surface area (Å²) in [4.78, 5) is 32.3. The fourth-order valence-corrected chi connectivity index (χ4v) is 9.10. The molecule has 4 atom stereocenters. The van der Waals surface area contributed by atoms with Crippen molar-refractivity contribution in [3.8, 4) is 17.0 Å². The van der Waals surface area contributed by atoms with Gasteiger partial charge in [0.05, 0.1) is 18.2 Å². The second kappa shape index (κ2) is 12.1. The van der Waals surface area contributed by atoms with E-state index in [4.69, 9.17) is 4.74 Å². The van der Waals surface area contributed by atoms with Gasteiger partial charge in [-0.05, 0) is 93.1 Å². The number of carbonyl (C=O) groups is 2. The van der Waals surface area contributed by atoms with Crippen molar-refractivity contribution >= 4 is 33.9 Å². The topological polar surface area (TPSA) is 87.1 Å². The summed E-state index contributed by atoms with van der Waals surface area (Å²) in [5.74, 6) is 1.14. The number of hydrogen-bond donors (Lipinski definition) is 1. The summed E-state index contributed by atoms with van der Waals surface area (Å²) in [6.07, 6.45) is 9.00. The van der Waals surface area contributed by atoms with Crippen LogP contribution in [0, 0.1) is 5.41 Å². The van der Waals surface area contributed by atoms with Crippen LogP contribution in [0.25, 0.3) is 22.2 Å². The fourth-order valence-electron chi connectivity index (χ4n) is 8.64. The molecule has 2 aromatic carbocycles. The Labute approximate surface area is 275 Å². The Bertz CT molecular complexity index is 1710. The highest BCUT2D eigenvalue weighted by Gasteiger charge is 2.63. The quantitative estimate of drug-likeness (QED) is 0.361. The Hall–Kier alpha value is -3.21. The van der Waals surface area contributed by atoms with Crippen molar-refractivity contribution < 1.29 is 18.5 Å². The Morgan fingerprint density at radius 3 is 2.52 bits per heavy atom. The molecule has 2 amide bonds. The molecule has 10 heteroatoms.